The van der Waals surface area contributed by atoms with Crippen molar-refractivity contribution in [3.63, 3.8) is 0 Å². The number of nitrogens with one attached hydrogen (secondary N) is 3. The quantitative estimate of drug-likeness (QED) is 0.527. The van der Waals surface area contributed by atoms with Crippen molar-refractivity contribution in [1.82, 2.24) is 16.2 Å². The van der Waals surface area contributed by atoms with Gasteiger partial charge < -0.3 is 5.73 Å². The van der Waals surface area contributed by atoms with Crippen molar-refractivity contribution >= 4 is 11.9 Å². The number of hydrogen-bond acceptors (Lipinski definition) is 4. The van der Waals surface area contributed by atoms with Gasteiger partial charge in [0.25, 0.3) is 5.91 Å². The lowest BCUT2D eigenvalue weighted by Crippen LogP contribution is -2.34. The summed E-state index contributed by atoms with van der Waals surface area (Å²) in [5.74, 6) is -0.499. The van der Waals surface area contributed by atoms with Crippen LogP contribution in [0, 0.1) is 0 Å². The molecule has 0 aliphatic carbocycles. The van der Waals surface area contributed by atoms with Crippen molar-refractivity contribution in [3.05, 3.63) is 35.4 Å². The SMILES string of the molecule is CNNCc1ccc(C(=O)NC(N)=O)cc1. The van der Waals surface area contributed by atoms with Crippen LogP contribution >= 0.6 is 0 Å². The minimum atomic E-state index is -0.856. The maximum absolute atomic E-state index is 11.3. The van der Waals surface area contributed by atoms with E-state index in [9.17, 15) is 9.59 Å². The summed E-state index contributed by atoms with van der Waals surface area (Å²) < 4.78 is 0. The summed E-state index contributed by atoms with van der Waals surface area (Å²) in [5.41, 5.74) is 12.0. The first-order chi connectivity index (χ1) is 7.63. The molecule has 0 aliphatic rings. The molecule has 0 saturated carbocycles. The second kappa shape index (κ2) is 5.84. The van der Waals surface area contributed by atoms with Crippen molar-refractivity contribution in [2.45, 2.75) is 6.54 Å². The summed E-state index contributed by atoms with van der Waals surface area (Å²) in [6.07, 6.45) is 0. The molecule has 0 spiro atoms. The fraction of sp³-hybridized carbons (Fsp3) is 0.200. The second-order valence-corrected chi connectivity index (χ2v) is 3.12. The lowest BCUT2D eigenvalue weighted by molar-refractivity contribution is 0.0966. The van der Waals surface area contributed by atoms with Gasteiger partial charge in [-0.1, -0.05) is 12.1 Å². The van der Waals surface area contributed by atoms with Gasteiger partial charge in [-0.05, 0) is 24.7 Å². The van der Waals surface area contributed by atoms with Crippen LogP contribution in [0.25, 0.3) is 0 Å². The van der Waals surface area contributed by atoms with Crippen LogP contribution < -0.4 is 21.9 Å². The van der Waals surface area contributed by atoms with E-state index in [1.54, 1.807) is 31.3 Å². The van der Waals surface area contributed by atoms with Crippen LogP contribution in [0.1, 0.15) is 15.9 Å². The minimum absolute atomic E-state index is 0.395. The number of hydrazine groups is 1. The van der Waals surface area contributed by atoms with Gasteiger partial charge in [0.15, 0.2) is 0 Å². The highest BCUT2D eigenvalue weighted by Crippen LogP contribution is 2.03. The molecule has 0 unspecified atom stereocenters. The van der Waals surface area contributed by atoms with E-state index in [1.165, 1.54) is 0 Å². The van der Waals surface area contributed by atoms with Crippen molar-refractivity contribution < 1.29 is 9.59 Å². The Morgan fingerprint density at radius 3 is 2.38 bits per heavy atom. The first-order valence-corrected chi connectivity index (χ1v) is 4.73. The molecular formula is C10H14N4O2. The van der Waals surface area contributed by atoms with Crippen LogP contribution in [0.15, 0.2) is 24.3 Å². The Bertz CT molecular complexity index is 375. The second-order valence-electron chi connectivity index (χ2n) is 3.12. The molecule has 5 N–H and O–H groups in total. The molecule has 3 amide bonds. The Hall–Kier alpha value is -1.92. The van der Waals surface area contributed by atoms with Crippen molar-refractivity contribution in [1.29, 1.82) is 0 Å². The Labute approximate surface area is 93.2 Å². The molecule has 0 bridgehead atoms. The monoisotopic (exact) mass is 222 g/mol. The highest BCUT2D eigenvalue weighted by molar-refractivity contribution is 6.03. The number of benzene rings is 1. The summed E-state index contributed by atoms with van der Waals surface area (Å²) in [6.45, 7) is 0.647. The van der Waals surface area contributed by atoms with E-state index < -0.39 is 11.9 Å². The first-order valence-electron chi connectivity index (χ1n) is 4.73. The fourth-order valence-corrected chi connectivity index (χ4v) is 1.15. The Kier molecular flexibility index (Phi) is 4.43. The highest BCUT2D eigenvalue weighted by atomic mass is 16.2. The van der Waals surface area contributed by atoms with Crippen molar-refractivity contribution in [3.8, 4) is 0 Å². The molecular weight excluding hydrogens is 208 g/mol. The molecule has 1 rings (SSSR count). The summed E-state index contributed by atoms with van der Waals surface area (Å²) in [7, 11) is 1.77. The van der Waals surface area contributed by atoms with Gasteiger partial charge in [-0.15, -0.1) is 0 Å². The number of urea groups is 1. The molecule has 16 heavy (non-hydrogen) atoms. The van der Waals surface area contributed by atoms with Gasteiger partial charge in [0, 0.05) is 12.1 Å². The maximum Gasteiger partial charge on any atom is 0.319 e. The predicted octanol–water partition coefficient (Wildman–Crippen LogP) is -0.281. The van der Waals surface area contributed by atoms with E-state index in [0.29, 0.717) is 12.1 Å². The molecule has 0 aromatic heterocycles. The molecule has 6 heteroatoms. The zero-order valence-corrected chi connectivity index (χ0v) is 8.91. The highest BCUT2D eigenvalue weighted by Gasteiger charge is 2.06. The van der Waals surface area contributed by atoms with Crippen LogP contribution in [0.2, 0.25) is 0 Å². The molecule has 1 aromatic rings. The Balaban J connectivity index is 2.63. The van der Waals surface area contributed by atoms with Crippen LogP contribution in [0.5, 0.6) is 0 Å². The molecule has 0 atom stereocenters. The van der Waals surface area contributed by atoms with E-state index in [1.807, 2.05) is 5.32 Å². The predicted molar refractivity (Wildman–Crippen MR) is 59.4 cm³/mol. The zero-order valence-electron chi connectivity index (χ0n) is 8.91. The summed E-state index contributed by atoms with van der Waals surface area (Å²) in [4.78, 5) is 21.8. The number of primary amides is 1. The van der Waals surface area contributed by atoms with Crippen molar-refractivity contribution in [2.75, 3.05) is 7.05 Å². The molecule has 1 aromatic carbocycles. The van der Waals surface area contributed by atoms with Crippen LogP contribution in [0.3, 0.4) is 0 Å². The average molecular weight is 222 g/mol. The maximum atomic E-state index is 11.3. The third-order valence-electron chi connectivity index (χ3n) is 1.92. The Morgan fingerprint density at radius 1 is 1.25 bits per heavy atom. The zero-order chi connectivity index (χ0) is 12.0. The molecule has 86 valence electrons. The van der Waals surface area contributed by atoms with Crippen LogP contribution in [0.4, 0.5) is 4.79 Å². The van der Waals surface area contributed by atoms with Crippen molar-refractivity contribution in [2.24, 2.45) is 5.73 Å². The van der Waals surface area contributed by atoms with Gasteiger partial charge in [-0.2, -0.15) is 0 Å². The minimum Gasteiger partial charge on any atom is -0.351 e. The number of carbonyl (C=O) groups excluding carboxylic acids is 2. The van der Waals surface area contributed by atoms with Gasteiger partial charge >= 0.3 is 6.03 Å². The van der Waals surface area contributed by atoms with E-state index in [4.69, 9.17) is 5.73 Å². The lowest BCUT2D eigenvalue weighted by atomic mass is 10.1. The molecule has 0 aliphatic heterocycles. The number of imide groups is 1. The van der Waals surface area contributed by atoms with E-state index in [-0.39, 0.29) is 0 Å². The van der Waals surface area contributed by atoms with Gasteiger partial charge in [0.2, 0.25) is 0 Å². The largest absolute Gasteiger partial charge is 0.351 e. The molecule has 0 fully saturated rings. The number of nitrogens with two attached hydrogens (primary N) is 1. The van der Waals surface area contributed by atoms with Gasteiger partial charge in [0.05, 0.1) is 0 Å². The van der Waals surface area contributed by atoms with E-state index in [2.05, 4.69) is 10.9 Å². The van der Waals surface area contributed by atoms with Crippen LogP contribution in [-0.2, 0) is 6.54 Å². The summed E-state index contributed by atoms with van der Waals surface area (Å²) >= 11 is 0. The van der Waals surface area contributed by atoms with Gasteiger partial charge in [-0.3, -0.25) is 21.0 Å². The average Bonchev–Trinajstić information content (AvgIpc) is 2.26. The third-order valence-corrected chi connectivity index (χ3v) is 1.92. The van der Waals surface area contributed by atoms with E-state index >= 15 is 0 Å². The fourth-order valence-electron chi connectivity index (χ4n) is 1.15. The number of rotatable bonds is 4. The number of amides is 3. The normalized spacial score (nSPS) is 9.81. The van der Waals surface area contributed by atoms with Gasteiger partial charge in [0.1, 0.15) is 0 Å². The standard InChI is InChI=1S/C10H14N4O2/c1-12-13-6-7-2-4-8(5-3-7)9(15)14-10(11)16/h2-5,12-13H,6H2,1H3,(H3,11,14,15,16). The number of hydrogen-bond donors (Lipinski definition) is 4. The smallest absolute Gasteiger partial charge is 0.319 e. The molecule has 0 radical (unpaired) electrons. The van der Waals surface area contributed by atoms with Gasteiger partial charge in [-0.25, -0.2) is 4.79 Å². The summed E-state index contributed by atoms with van der Waals surface area (Å²) in [5, 5.41) is 1.99. The topological polar surface area (TPSA) is 96.2 Å². The molecule has 0 heterocycles. The number of carbonyl (C=O) groups is 2. The third kappa shape index (κ3) is 3.68. The lowest BCUT2D eigenvalue weighted by Gasteiger charge is -2.04. The molecule has 6 nitrogen and oxygen atoms in total. The molecule has 0 saturated heterocycles. The Morgan fingerprint density at radius 2 is 1.88 bits per heavy atom. The first kappa shape index (κ1) is 12.2. The van der Waals surface area contributed by atoms with E-state index in [0.717, 1.165) is 5.56 Å². The summed E-state index contributed by atoms with van der Waals surface area (Å²) in [6, 6.07) is 5.99. The van der Waals surface area contributed by atoms with Crippen LogP contribution in [-0.4, -0.2) is 19.0 Å².